The first kappa shape index (κ1) is 6.86. The summed E-state index contributed by atoms with van der Waals surface area (Å²) in [4.78, 5) is 5.71. The molecule has 0 saturated heterocycles. The number of hydrogen-bond acceptors (Lipinski definition) is 3. The van der Waals surface area contributed by atoms with Crippen molar-refractivity contribution in [2.24, 2.45) is 4.99 Å². The molecule has 10 heavy (non-hydrogen) atoms. The van der Waals surface area contributed by atoms with Crippen LogP contribution in [0.2, 0.25) is 0 Å². The third-order valence-corrected chi connectivity index (χ3v) is 1.27. The third kappa shape index (κ3) is 1.18. The van der Waals surface area contributed by atoms with E-state index in [0.717, 1.165) is 11.8 Å². The summed E-state index contributed by atoms with van der Waals surface area (Å²) in [5.74, 6) is 0.561. The van der Waals surface area contributed by atoms with E-state index in [0.29, 0.717) is 5.82 Å². The summed E-state index contributed by atoms with van der Waals surface area (Å²) in [5.41, 5.74) is 1.08. The van der Waals surface area contributed by atoms with Crippen LogP contribution in [0.1, 0.15) is 6.92 Å². The van der Waals surface area contributed by atoms with Crippen molar-refractivity contribution in [1.82, 2.24) is 4.90 Å². The van der Waals surface area contributed by atoms with Crippen molar-refractivity contribution in [3.8, 4) is 0 Å². The summed E-state index contributed by atoms with van der Waals surface area (Å²) >= 11 is 0. The molecule has 0 aliphatic carbocycles. The zero-order valence-electron chi connectivity index (χ0n) is 6.07. The fourth-order valence-electron chi connectivity index (χ4n) is 0.788. The monoisotopic (exact) mass is 138 g/mol. The molecule has 3 nitrogen and oxygen atoms in total. The van der Waals surface area contributed by atoms with Crippen LogP contribution < -0.4 is 0 Å². The average Bonchev–Trinajstić information content (AvgIpc) is 1.88. The SMILES string of the molecule is CC1=CN(C)/C(=C/O)N=C1. The van der Waals surface area contributed by atoms with Crippen LogP contribution in [0.4, 0.5) is 0 Å². The van der Waals surface area contributed by atoms with E-state index in [1.54, 1.807) is 11.1 Å². The maximum atomic E-state index is 8.60. The van der Waals surface area contributed by atoms with Gasteiger partial charge in [-0.25, -0.2) is 4.99 Å². The summed E-state index contributed by atoms with van der Waals surface area (Å²) in [6.45, 7) is 1.95. The molecule has 0 unspecified atom stereocenters. The van der Waals surface area contributed by atoms with E-state index in [2.05, 4.69) is 4.99 Å². The van der Waals surface area contributed by atoms with Crippen molar-refractivity contribution >= 4 is 6.21 Å². The number of aliphatic hydroxyl groups is 1. The largest absolute Gasteiger partial charge is 0.512 e. The molecule has 0 bridgehead atoms. The minimum atomic E-state index is 0.561. The van der Waals surface area contributed by atoms with Crippen LogP contribution >= 0.6 is 0 Å². The van der Waals surface area contributed by atoms with E-state index >= 15 is 0 Å². The van der Waals surface area contributed by atoms with Crippen molar-refractivity contribution in [2.45, 2.75) is 6.92 Å². The molecule has 0 fully saturated rings. The Morgan fingerprint density at radius 2 is 2.40 bits per heavy atom. The van der Waals surface area contributed by atoms with Gasteiger partial charge in [-0.05, 0) is 12.5 Å². The summed E-state index contributed by atoms with van der Waals surface area (Å²) in [7, 11) is 1.84. The highest BCUT2D eigenvalue weighted by atomic mass is 16.2. The van der Waals surface area contributed by atoms with Crippen LogP contribution in [0.15, 0.2) is 28.8 Å². The minimum Gasteiger partial charge on any atom is -0.512 e. The molecule has 0 aromatic heterocycles. The highest BCUT2D eigenvalue weighted by Crippen LogP contribution is 2.09. The highest BCUT2D eigenvalue weighted by molar-refractivity contribution is 5.79. The normalized spacial score (nSPS) is 21.6. The maximum absolute atomic E-state index is 8.60. The average molecular weight is 138 g/mol. The number of allylic oxidation sites excluding steroid dienone is 1. The number of hydrogen-bond donors (Lipinski definition) is 1. The zero-order valence-corrected chi connectivity index (χ0v) is 6.07. The quantitative estimate of drug-likeness (QED) is 0.511. The zero-order chi connectivity index (χ0) is 7.56. The molecule has 0 spiro atoms. The lowest BCUT2D eigenvalue weighted by molar-refractivity contribution is 0.431. The molecule has 0 amide bonds. The van der Waals surface area contributed by atoms with Crippen LogP contribution in [-0.2, 0) is 0 Å². The van der Waals surface area contributed by atoms with E-state index in [-0.39, 0.29) is 0 Å². The smallest absolute Gasteiger partial charge is 0.167 e. The minimum absolute atomic E-state index is 0.561. The molecular weight excluding hydrogens is 128 g/mol. The number of rotatable bonds is 0. The molecule has 1 aliphatic rings. The van der Waals surface area contributed by atoms with Gasteiger partial charge in [0.15, 0.2) is 5.82 Å². The lowest BCUT2D eigenvalue weighted by Gasteiger charge is -2.17. The predicted octanol–water partition coefficient (Wildman–Crippen LogP) is 1.26. The molecular formula is C7H10N2O. The molecule has 1 aliphatic heterocycles. The van der Waals surface area contributed by atoms with Crippen LogP contribution in [0.3, 0.4) is 0 Å². The molecule has 1 rings (SSSR count). The second-order valence-corrected chi connectivity index (χ2v) is 2.23. The number of nitrogens with zero attached hydrogens (tertiary/aromatic N) is 2. The highest BCUT2D eigenvalue weighted by Gasteiger charge is 2.03. The van der Waals surface area contributed by atoms with Gasteiger partial charge >= 0.3 is 0 Å². The van der Waals surface area contributed by atoms with Gasteiger partial charge in [0.1, 0.15) is 6.26 Å². The van der Waals surface area contributed by atoms with E-state index < -0.39 is 0 Å². The van der Waals surface area contributed by atoms with Crippen molar-refractivity contribution in [3.05, 3.63) is 23.9 Å². The van der Waals surface area contributed by atoms with E-state index in [1.807, 2.05) is 20.2 Å². The van der Waals surface area contributed by atoms with Gasteiger partial charge in [-0.1, -0.05) is 0 Å². The van der Waals surface area contributed by atoms with Gasteiger partial charge in [0.05, 0.1) is 0 Å². The Balaban J connectivity index is 2.84. The topological polar surface area (TPSA) is 35.8 Å². The van der Waals surface area contributed by atoms with E-state index in [4.69, 9.17) is 5.11 Å². The lowest BCUT2D eigenvalue weighted by atomic mass is 10.3. The van der Waals surface area contributed by atoms with Crippen LogP contribution in [-0.4, -0.2) is 23.3 Å². The summed E-state index contributed by atoms with van der Waals surface area (Å²) in [5, 5.41) is 8.60. The molecule has 1 heterocycles. The first-order chi connectivity index (χ1) is 4.74. The standard InChI is InChI=1S/C7H10N2O/c1-6-3-8-7(5-10)9(2)4-6/h3-5,10H,1-2H3/b7-5+. The first-order valence-electron chi connectivity index (χ1n) is 3.04. The molecule has 0 radical (unpaired) electrons. The van der Waals surface area contributed by atoms with Gasteiger partial charge in [-0.2, -0.15) is 0 Å². The Hall–Kier alpha value is -1.25. The lowest BCUT2D eigenvalue weighted by Crippen LogP contribution is -2.13. The van der Waals surface area contributed by atoms with Crippen LogP contribution in [0.5, 0.6) is 0 Å². The van der Waals surface area contributed by atoms with Gasteiger partial charge in [0.25, 0.3) is 0 Å². The third-order valence-electron chi connectivity index (χ3n) is 1.27. The van der Waals surface area contributed by atoms with Crippen LogP contribution in [0.25, 0.3) is 0 Å². The fraction of sp³-hybridized carbons (Fsp3) is 0.286. The fourth-order valence-corrected chi connectivity index (χ4v) is 0.788. The van der Waals surface area contributed by atoms with E-state index in [9.17, 15) is 0 Å². The Labute approximate surface area is 60.0 Å². The van der Waals surface area contributed by atoms with Gasteiger partial charge in [-0.3, -0.25) is 0 Å². The summed E-state index contributed by atoms with van der Waals surface area (Å²) in [6.07, 6.45) is 4.59. The second kappa shape index (κ2) is 2.56. The molecule has 1 N–H and O–H groups in total. The molecule has 0 saturated carbocycles. The Bertz CT molecular complexity index is 216. The predicted molar refractivity (Wildman–Crippen MR) is 40.7 cm³/mol. The Kier molecular flexibility index (Phi) is 1.76. The second-order valence-electron chi connectivity index (χ2n) is 2.23. The first-order valence-corrected chi connectivity index (χ1v) is 3.04. The summed E-state index contributed by atoms with van der Waals surface area (Å²) < 4.78 is 0. The van der Waals surface area contributed by atoms with Crippen LogP contribution in [0, 0.1) is 0 Å². The Morgan fingerprint density at radius 1 is 1.70 bits per heavy atom. The number of aliphatic imine (C=N–C) groups is 1. The van der Waals surface area contributed by atoms with Crippen molar-refractivity contribution < 1.29 is 5.11 Å². The maximum Gasteiger partial charge on any atom is 0.167 e. The van der Waals surface area contributed by atoms with Gasteiger partial charge in [0.2, 0.25) is 0 Å². The Morgan fingerprint density at radius 3 is 2.90 bits per heavy atom. The molecule has 0 aromatic carbocycles. The van der Waals surface area contributed by atoms with Crippen molar-refractivity contribution in [3.63, 3.8) is 0 Å². The molecule has 54 valence electrons. The molecule has 0 aromatic rings. The summed E-state index contributed by atoms with van der Waals surface area (Å²) in [6, 6.07) is 0. The van der Waals surface area contributed by atoms with Gasteiger partial charge in [0, 0.05) is 19.5 Å². The van der Waals surface area contributed by atoms with Crippen molar-refractivity contribution in [1.29, 1.82) is 0 Å². The molecule has 0 atom stereocenters. The molecule has 3 heteroatoms. The van der Waals surface area contributed by atoms with Gasteiger partial charge < -0.3 is 10.0 Å². The van der Waals surface area contributed by atoms with E-state index in [1.165, 1.54) is 0 Å². The van der Waals surface area contributed by atoms with Crippen molar-refractivity contribution in [2.75, 3.05) is 7.05 Å². The number of aliphatic hydroxyl groups excluding tert-OH is 1. The van der Waals surface area contributed by atoms with Gasteiger partial charge in [-0.15, -0.1) is 0 Å².